The highest BCUT2D eigenvalue weighted by Gasteiger charge is 2.49. The highest BCUT2D eigenvalue weighted by molar-refractivity contribution is 5.70. The van der Waals surface area contributed by atoms with Crippen LogP contribution in [0.25, 0.3) is 0 Å². The van der Waals surface area contributed by atoms with Crippen LogP contribution in [0.15, 0.2) is 24.3 Å². The lowest BCUT2D eigenvalue weighted by Gasteiger charge is -2.38. The molecule has 0 N–H and O–H groups in total. The van der Waals surface area contributed by atoms with Crippen molar-refractivity contribution in [2.24, 2.45) is 5.92 Å². The fourth-order valence-electron chi connectivity index (χ4n) is 3.47. The van der Waals surface area contributed by atoms with E-state index in [0.29, 0.717) is 26.0 Å². The lowest BCUT2D eigenvalue weighted by atomic mass is 9.86. The summed E-state index contributed by atoms with van der Waals surface area (Å²) >= 11 is 0. The van der Waals surface area contributed by atoms with E-state index in [1.54, 1.807) is 19.1 Å². The summed E-state index contributed by atoms with van der Waals surface area (Å²) < 4.78 is 16.3. The van der Waals surface area contributed by atoms with Crippen molar-refractivity contribution in [1.29, 1.82) is 5.26 Å². The molecule has 1 amide bonds. The number of hydrogen-bond donors (Lipinski definition) is 0. The average molecular weight is 360 g/mol. The molecule has 1 saturated heterocycles. The van der Waals surface area contributed by atoms with Crippen molar-refractivity contribution in [2.75, 3.05) is 27.4 Å². The lowest BCUT2D eigenvalue weighted by Crippen LogP contribution is -2.53. The van der Waals surface area contributed by atoms with E-state index in [9.17, 15) is 10.1 Å². The second-order valence-electron chi connectivity index (χ2n) is 7.80. The van der Waals surface area contributed by atoms with Crippen LogP contribution in [-0.2, 0) is 15.9 Å². The van der Waals surface area contributed by atoms with Gasteiger partial charge in [0.1, 0.15) is 11.4 Å². The van der Waals surface area contributed by atoms with Crippen molar-refractivity contribution < 1.29 is 19.0 Å². The highest BCUT2D eigenvalue weighted by Crippen LogP contribution is 2.37. The van der Waals surface area contributed by atoms with Crippen LogP contribution < -0.4 is 4.74 Å². The number of carbonyl (C=O) groups is 1. The van der Waals surface area contributed by atoms with Crippen LogP contribution in [0, 0.1) is 17.2 Å². The van der Waals surface area contributed by atoms with Gasteiger partial charge in [-0.3, -0.25) is 4.90 Å². The third-order valence-corrected chi connectivity index (χ3v) is 4.50. The van der Waals surface area contributed by atoms with Gasteiger partial charge in [0.05, 0.1) is 31.2 Å². The average Bonchev–Trinajstić information content (AvgIpc) is 2.93. The molecular formula is C20H28N2O4. The van der Waals surface area contributed by atoms with E-state index in [0.717, 1.165) is 11.3 Å². The monoisotopic (exact) mass is 360 g/mol. The van der Waals surface area contributed by atoms with Crippen LogP contribution in [0.3, 0.4) is 0 Å². The van der Waals surface area contributed by atoms with Gasteiger partial charge in [-0.2, -0.15) is 5.26 Å². The second-order valence-corrected chi connectivity index (χ2v) is 7.80. The van der Waals surface area contributed by atoms with Gasteiger partial charge < -0.3 is 14.2 Å². The van der Waals surface area contributed by atoms with Crippen LogP contribution in [0.5, 0.6) is 5.75 Å². The van der Waals surface area contributed by atoms with Crippen molar-refractivity contribution in [1.82, 2.24) is 4.90 Å². The lowest BCUT2D eigenvalue weighted by molar-refractivity contribution is -0.0108. The van der Waals surface area contributed by atoms with Gasteiger partial charge in [-0.05, 0) is 51.3 Å². The minimum absolute atomic E-state index is 0.240. The largest absolute Gasteiger partial charge is 0.497 e. The number of carbonyl (C=O) groups excluding carboxylic acids is 1. The maximum absolute atomic E-state index is 12.8. The van der Waals surface area contributed by atoms with Gasteiger partial charge in [0, 0.05) is 13.7 Å². The number of amides is 1. The van der Waals surface area contributed by atoms with E-state index in [1.165, 1.54) is 0 Å². The van der Waals surface area contributed by atoms with E-state index in [-0.39, 0.29) is 5.92 Å². The number of hydrogen-bond acceptors (Lipinski definition) is 5. The van der Waals surface area contributed by atoms with Crippen molar-refractivity contribution in [3.8, 4) is 11.8 Å². The second kappa shape index (κ2) is 7.96. The first-order valence-corrected chi connectivity index (χ1v) is 8.75. The van der Waals surface area contributed by atoms with Crippen molar-refractivity contribution >= 4 is 6.09 Å². The molecule has 1 aromatic rings. The number of nitrogens with zero attached hydrogens (tertiary/aromatic N) is 2. The zero-order valence-electron chi connectivity index (χ0n) is 16.2. The Morgan fingerprint density at radius 3 is 2.46 bits per heavy atom. The van der Waals surface area contributed by atoms with Gasteiger partial charge in [-0.15, -0.1) is 0 Å². The number of nitriles is 1. The summed E-state index contributed by atoms with van der Waals surface area (Å²) in [5.74, 6) is 0.538. The van der Waals surface area contributed by atoms with Crippen LogP contribution in [-0.4, -0.2) is 49.5 Å². The first-order valence-electron chi connectivity index (χ1n) is 8.75. The molecule has 0 bridgehead atoms. The van der Waals surface area contributed by atoms with Gasteiger partial charge in [0.25, 0.3) is 0 Å². The molecule has 2 atom stereocenters. The molecule has 1 fully saturated rings. The molecule has 1 aliphatic rings. The predicted octanol–water partition coefficient (Wildman–Crippen LogP) is 3.40. The number of likely N-dealkylation sites (tertiary alicyclic amines) is 1. The van der Waals surface area contributed by atoms with Gasteiger partial charge in [0.15, 0.2) is 0 Å². The third kappa shape index (κ3) is 4.67. The molecule has 26 heavy (non-hydrogen) atoms. The fourth-order valence-corrected chi connectivity index (χ4v) is 3.47. The summed E-state index contributed by atoms with van der Waals surface area (Å²) in [5, 5.41) is 9.45. The van der Waals surface area contributed by atoms with Gasteiger partial charge >= 0.3 is 6.09 Å². The maximum Gasteiger partial charge on any atom is 0.410 e. The number of benzene rings is 1. The van der Waals surface area contributed by atoms with Crippen LogP contribution in [0.4, 0.5) is 4.79 Å². The van der Waals surface area contributed by atoms with E-state index >= 15 is 0 Å². The van der Waals surface area contributed by atoms with Crippen molar-refractivity contribution in [3.05, 3.63) is 29.8 Å². The molecular weight excluding hydrogens is 332 g/mol. The zero-order chi connectivity index (χ0) is 19.4. The smallest absolute Gasteiger partial charge is 0.410 e. The fraction of sp³-hybridized carbons (Fsp3) is 0.600. The normalized spacial score (nSPS) is 22.8. The summed E-state index contributed by atoms with van der Waals surface area (Å²) in [4.78, 5) is 14.5. The summed E-state index contributed by atoms with van der Waals surface area (Å²) in [7, 11) is 3.24. The maximum atomic E-state index is 12.8. The predicted molar refractivity (Wildman–Crippen MR) is 98.0 cm³/mol. The van der Waals surface area contributed by atoms with Gasteiger partial charge in [-0.1, -0.05) is 12.1 Å². The molecule has 1 aliphatic heterocycles. The molecule has 0 aliphatic carbocycles. The third-order valence-electron chi connectivity index (χ3n) is 4.50. The Balaban J connectivity index is 2.33. The molecule has 1 aromatic carbocycles. The Morgan fingerprint density at radius 2 is 1.96 bits per heavy atom. The summed E-state index contributed by atoms with van der Waals surface area (Å²) in [6.07, 6.45) is 0.742. The highest BCUT2D eigenvalue weighted by atomic mass is 16.6. The molecule has 1 heterocycles. The van der Waals surface area contributed by atoms with Crippen LogP contribution in [0.1, 0.15) is 32.8 Å². The Labute approximate surface area is 155 Å². The molecule has 0 spiro atoms. The molecule has 0 unspecified atom stereocenters. The minimum atomic E-state index is -0.605. The summed E-state index contributed by atoms with van der Waals surface area (Å²) in [6.45, 7) is 6.21. The number of rotatable bonds is 5. The first kappa shape index (κ1) is 20.1. The topological polar surface area (TPSA) is 71.8 Å². The van der Waals surface area contributed by atoms with Crippen LogP contribution in [0.2, 0.25) is 0 Å². The quantitative estimate of drug-likeness (QED) is 0.805. The Morgan fingerprint density at radius 1 is 1.31 bits per heavy atom. The Hall–Kier alpha value is -2.26. The molecule has 0 saturated carbocycles. The van der Waals surface area contributed by atoms with E-state index in [4.69, 9.17) is 14.2 Å². The molecule has 6 heteroatoms. The van der Waals surface area contributed by atoms with Crippen molar-refractivity contribution in [3.63, 3.8) is 0 Å². The molecule has 0 aromatic heterocycles. The SMILES string of the molecule is COC[C@@]1(Cc2ccc(OC)cc2)C[C@H](C#N)CN1C(=O)OC(C)(C)C. The molecule has 142 valence electrons. The van der Waals surface area contributed by atoms with Crippen LogP contribution >= 0.6 is 0 Å². The van der Waals surface area contributed by atoms with Gasteiger partial charge in [-0.25, -0.2) is 4.79 Å². The van der Waals surface area contributed by atoms with E-state index < -0.39 is 17.2 Å². The van der Waals surface area contributed by atoms with E-state index in [2.05, 4.69) is 6.07 Å². The molecule has 2 rings (SSSR count). The summed E-state index contributed by atoms with van der Waals surface area (Å²) in [5.41, 5.74) is -0.151. The zero-order valence-corrected chi connectivity index (χ0v) is 16.2. The van der Waals surface area contributed by atoms with Gasteiger partial charge in [0.2, 0.25) is 0 Å². The molecule has 6 nitrogen and oxygen atoms in total. The number of ether oxygens (including phenoxy) is 3. The van der Waals surface area contributed by atoms with Crippen molar-refractivity contribution in [2.45, 2.75) is 44.8 Å². The standard InChI is InChI=1S/C20H28N2O4/c1-19(2,3)26-18(23)22-13-16(12-21)11-20(22,14-24-4)10-15-6-8-17(25-5)9-7-15/h6-9,16H,10-11,13-14H2,1-5H3/t16-,20-/m1/s1. The molecule has 0 radical (unpaired) electrons. The first-order chi connectivity index (χ1) is 12.2. The summed E-state index contributed by atoms with van der Waals surface area (Å²) in [6, 6.07) is 10.0. The minimum Gasteiger partial charge on any atom is -0.497 e. The van der Waals surface area contributed by atoms with E-state index in [1.807, 2.05) is 45.0 Å². The number of methoxy groups -OCH3 is 2. The Bertz CT molecular complexity index is 660. The Kier molecular flexibility index (Phi) is 6.14.